The third-order valence-corrected chi connectivity index (χ3v) is 2.07. The van der Waals surface area contributed by atoms with Gasteiger partial charge in [-0.05, 0) is 26.3 Å². The molecular formula is C13H16. The summed E-state index contributed by atoms with van der Waals surface area (Å²) in [5.41, 5.74) is 3.85. The van der Waals surface area contributed by atoms with Gasteiger partial charge < -0.3 is 0 Å². The molecule has 0 N–H and O–H groups in total. The Balaban J connectivity index is 2.75. The molecule has 0 unspecified atom stereocenters. The van der Waals surface area contributed by atoms with Crippen LogP contribution in [0.15, 0.2) is 42.0 Å². The first-order valence-corrected chi connectivity index (χ1v) is 4.60. The number of aryl methyl sites for hydroxylation is 1. The average molecular weight is 172 g/mol. The molecule has 0 aromatic heterocycles. The van der Waals surface area contributed by atoms with Crippen LogP contribution < -0.4 is 0 Å². The van der Waals surface area contributed by atoms with Crippen molar-refractivity contribution >= 4 is 6.08 Å². The molecule has 1 aromatic carbocycles. The second-order valence-corrected chi connectivity index (χ2v) is 3.28. The Morgan fingerprint density at radius 1 is 1.15 bits per heavy atom. The molecule has 0 saturated carbocycles. The van der Waals surface area contributed by atoms with E-state index in [1.165, 1.54) is 16.7 Å². The van der Waals surface area contributed by atoms with E-state index < -0.39 is 0 Å². The largest absolute Gasteiger partial charge is 0.0847 e. The predicted octanol–water partition coefficient (Wildman–Crippen LogP) is 3.97. The van der Waals surface area contributed by atoms with Gasteiger partial charge in [0.15, 0.2) is 0 Å². The Hall–Kier alpha value is -1.30. The van der Waals surface area contributed by atoms with Crippen molar-refractivity contribution in [2.75, 3.05) is 0 Å². The summed E-state index contributed by atoms with van der Waals surface area (Å²) in [6.07, 6.45) is 6.37. The topological polar surface area (TPSA) is 0 Å². The van der Waals surface area contributed by atoms with Crippen LogP contribution in [0.2, 0.25) is 0 Å². The van der Waals surface area contributed by atoms with Gasteiger partial charge in [-0.1, -0.05) is 53.6 Å². The first-order valence-electron chi connectivity index (χ1n) is 4.60. The van der Waals surface area contributed by atoms with Crippen molar-refractivity contribution in [1.82, 2.24) is 0 Å². The molecule has 68 valence electrons. The van der Waals surface area contributed by atoms with Gasteiger partial charge in [0.05, 0.1) is 0 Å². The van der Waals surface area contributed by atoms with Crippen LogP contribution in [0, 0.1) is 6.92 Å². The smallest absolute Gasteiger partial charge is 0.0256 e. The molecule has 0 radical (unpaired) electrons. The molecule has 0 atom stereocenters. The highest BCUT2D eigenvalue weighted by molar-refractivity contribution is 5.52. The van der Waals surface area contributed by atoms with Crippen molar-refractivity contribution in [2.45, 2.75) is 20.8 Å². The monoisotopic (exact) mass is 172 g/mol. The maximum Gasteiger partial charge on any atom is -0.0256 e. The molecular weight excluding hydrogens is 156 g/mol. The third-order valence-electron chi connectivity index (χ3n) is 2.07. The highest BCUT2D eigenvalue weighted by Gasteiger charge is 1.85. The van der Waals surface area contributed by atoms with E-state index in [-0.39, 0.29) is 0 Å². The molecule has 1 aromatic rings. The number of hydrogen-bond donors (Lipinski definition) is 0. The quantitative estimate of drug-likeness (QED) is 0.592. The highest BCUT2D eigenvalue weighted by atomic mass is 13.9. The molecule has 0 saturated heterocycles. The average Bonchev–Trinajstić information content (AvgIpc) is 2.16. The number of hydrogen-bond acceptors (Lipinski definition) is 0. The first kappa shape index (κ1) is 9.79. The van der Waals surface area contributed by atoms with Crippen LogP contribution in [0.25, 0.3) is 6.08 Å². The lowest BCUT2D eigenvalue weighted by atomic mass is 10.1. The van der Waals surface area contributed by atoms with Gasteiger partial charge in [-0.2, -0.15) is 0 Å². The molecule has 0 spiro atoms. The SMILES string of the molecule is CC=C(C)/C=C\c1ccc(C)cc1. The molecule has 0 amide bonds. The molecule has 0 bridgehead atoms. The standard InChI is InChI=1S/C13H16/c1-4-11(2)5-8-13-9-6-12(3)7-10-13/h4-10H,1-3H3/b8-5-,11-4?. The van der Waals surface area contributed by atoms with Crippen molar-refractivity contribution < 1.29 is 0 Å². The normalized spacial score (nSPS) is 12.4. The lowest BCUT2D eigenvalue weighted by Crippen LogP contribution is -1.73. The fraction of sp³-hybridized carbons (Fsp3) is 0.231. The lowest BCUT2D eigenvalue weighted by Gasteiger charge is -1.94. The Morgan fingerprint density at radius 2 is 1.77 bits per heavy atom. The molecule has 0 nitrogen and oxygen atoms in total. The minimum Gasteiger partial charge on any atom is -0.0847 e. The van der Waals surface area contributed by atoms with Gasteiger partial charge in [0.2, 0.25) is 0 Å². The van der Waals surface area contributed by atoms with Crippen LogP contribution in [-0.2, 0) is 0 Å². The third kappa shape index (κ3) is 3.29. The first-order chi connectivity index (χ1) is 6.22. The van der Waals surface area contributed by atoms with Gasteiger partial charge in [-0.3, -0.25) is 0 Å². The zero-order valence-electron chi connectivity index (χ0n) is 8.54. The number of benzene rings is 1. The van der Waals surface area contributed by atoms with Crippen molar-refractivity contribution in [3.63, 3.8) is 0 Å². The summed E-state index contributed by atoms with van der Waals surface area (Å²) in [7, 11) is 0. The van der Waals surface area contributed by atoms with Gasteiger partial charge in [0.25, 0.3) is 0 Å². The minimum atomic E-state index is 1.26. The van der Waals surface area contributed by atoms with Gasteiger partial charge in [-0.15, -0.1) is 0 Å². The minimum absolute atomic E-state index is 1.26. The highest BCUT2D eigenvalue weighted by Crippen LogP contribution is 2.06. The van der Waals surface area contributed by atoms with Crippen LogP contribution in [-0.4, -0.2) is 0 Å². The van der Waals surface area contributed by atoms with Gasteiger partial charge in [-0.25, -0.2) is 0 Å². The maximum absolute atomic E-state index is 2.13. The van der Waals surface area contributed by atoms with E-state index >= 15 is 0 Å². The molecule has 0 aliphatic heterocycles. The zero-order valence-corrected chi connectivity index (χ0v) is 8.54. The van der Waals surface area contributed by atoms with Crippen molar-refractivity contribution in [1.29, 1.82) is 0 Å². The summed E-state index contributed by atoms with van der Waals surface area (Å²) >= 11 is 0. The summed E-state index contributed by atoms with van der Waals surface area (Å²) in [6.45, 7) is 6.25. The van der Waals surface area contributed by atoms with Gasteiger partial charge in [0, 0.05) is 0 Å². The molecule has 13 heavy (non-hydrogen) atoms. The number of rotatable bonds is 2. The van der Waals surface area contributed by atoms with E-state index in [0.29, 0.717) is 0 Å². The van der Waals surface area contributed by atoms with E-state index in [1.807, 2.05) is 0 Å². The van der Waals surface area contributed by atoms with Crippen LogP contribution in [0.4, 0.5) is 0 Å². The van der Waals surface area contributed by atoms with Crippen LogP contribution in [0.5, 0.6) is 0 Å². The van der Waals surface area contributed by atoms with E-state index in [9.17, 15) is 0 Å². The van der Waals surface area contributed by atoms with E-state index in [4.69, 9.17) is 0 Å². The zero-order chi connectivity index (χ0) is 9.68. The Kier molecular flexibility index (Phi) is 3.51. The Morgan fingerprint density at radius 3 is 2.31 bits per heavy atom. The van der Waals surface area contributed by atoms with Crippen LogP contribution in [0.3, 0.4) is 0 Å². The van der Waals surface area contributed by atoms with Gasteiger partial charge >= 0.3 is 0 Å². The predicted molar refractivity (Wildman–Crippen MR) is 59.6 cm³/mol. The van der Waals surface area contributed by atoms with E-state index in [2.05, 4.69) is 63.3 Å². The fourth-order valence-electron chi connectivity index (χ4n) is 1.00. The molecule has 1 rings (SSSR count). The van der Waals surface area contributed by atoms with Gasteiger partial charge in [0.1, 0.15) is 0 Å². The summed E-state index contributed by atoms with van der Waals surface area (Å²) in [4.78, 5) is 0. The summed E-state index contributed by atoms with van der Waals surface area (Å²) < 4.78 is 0. The van der Waals surface area contributed by atoms with Crippen molar-refractivity contribution in [3.8, 4) is 0 Å². The molecule has 0 heterocycles. The van der Waals surface area contributed by atoms with E-state index in [1.54, 1.807) is 0 Å². The maximum atomic E-state index is 2.13. The number of allylic oxidation sites excluding steroid dienone is 3. The molecule has 0 aliphatic carbocycles. The summed E-state index contributed by atoms with van der Waals surface area (Å²) in [5, 5.41) is 0. The molecule has 0 aliphatic rings. The molecule has 0 heteroatoms. The second kappa shape index (κ2) is 4.66. The van der Waals surface area contributed by atoms with Crippen LogP contribution >= 0.6 is 0 Å². The Labute approximate surface area is 80.6 Å². The molecule has 0 fully saturated rings. The lowest BCUT2D eigenvalue weighted by molar-refractivity contribution is 1.45. The summed E-state index contributed by atoms with van der Waals surface area (Å²) in [6, 6.07) is 8.53. The fourth-order valence-corrected chi connectivity index (χ4v) is 1.00. The second-order valence-electron chi connectivity index (χ2n) is 3.28. The summed E-state index contributed by atoms with van der Waals surface area (Å²) in [5.74, 6) is 0. The van der Waals surface area contributed by atoms with Crippen molar-refractivity contribution in [3.05, 3.63) is 53.1 Å². The Bertz CT molecular complexity index is 312. The van der Waals surface area contributed by atoms with Crippen LogP contribution in [0.1, 0.15) is 25.0 Å². The van der Waals surface area contributed by atoms with E-state index in [0.717, 1.165) is 0 Å². The van der Waals surface area contributed by atoms with Crippen molar-refractivity contribution in [2.24, 2.45) is 0 Å².